The van der Waals surface area contributed by atoms with Crippen molar-refractivity contribution < 1.29 is 24.5 Å². The van der Waals surface area contributed by atoms with Crippen LogP contribution >= 0.6 is 11.6 Å². The van der Waals surface area contributed by atoms with Crippen LogP contribution in [-0.4, -0.2) is 69.1 Å². The van der Waals surface area contributed by atoms with Gasteiger partial charge in [-0.25, -0.2) is 4.98 Å². The Morgan fingerprint density at radius 3 is 2.79 bits per heavy atom. The molecular formula is C22H25ClN6O5. The second-order valence-corrected chi connectivity index (χ2v) is 8.89. The number of methoxy groups -OCH3 is 2. The van der Waals surface area contributed by atoms with E-state index in [2.05, 4.69) is 25.6 Å². The first-order chi connectivity index (χ1) is 16.3. The Hall–Kier alpha value is -3.15. The van der Waals surface area contributed by atoms with Crippen LogP contribution < -0.4 is 20.1 Å². The third kappa shape index (κ3) is 3.26. The van der Waals surface area contributed by atoms with Crippen LogP contribution in [0.1, 0.15) is 18.0 Å². The maximum absolute atomic E-state index is 12.5. The van der Waals surface area contributed by atoms with Gasteiger partial charge < -0.3 is 34.9 Å². The minimum Gasteiger partial charge on any atom is -0.497 e. The molecule has 0 unspecified atom stereocenters. The molecule has 3 aromatic rings. The van der Waals surface area contributed by atoms with E-state index in [4.69, 9.17) is 21.1 Å². The Bertz CT molecular complexity index is 1270. The van der Waals surface area contributed by atoms with E-state index in [1.54, 1.807) is 18.8 Å². The highest BCUT2D eigenvalue weighted by Crippen LogP contribution is 2.67. The van der Waals surface area contributed by atoms with Gasteiger partial charge in [0.2, 0.25) is 11.2 Å². The van der Waals surface area contributed by atoms with Crippen LogP contribution in [-0.2, 0) is 11.3 Å². The van der Waals surface area contributed by atoms with Gasteiger partial charge in [-0.05, 0) is 36.2 Å². The molecule has 2 aromatic heterocycles. The average Bonchev–Trinajstić information content (AvgIpc) is 3.39. The van der Waals surface area contributed by atoms with Gasteiger partial charge in [0.05, 0.1) is 38.1 Å². The topological polar surface area (TPSA) is 144 Å². The van der Waals surface area contributed by atoms with Crippen LogP contribution in [0, 0.1) is 11.3 Å². The minimum atomic E-state index is -1.18. The van der Waals surface area contributed by atoms with Crippen molar-refractivity contribution in [2.24, 2.45) is 11.3 Å². The lowest BCUT2D eigenvalue weighted by molar-refractivity contribution is -0.132. The zero-order valence-electron chi connectivity index (χ0n) is 18.8. The number of hydrogen-bond donors (Lipinski definition) is 4. The molecule has 2 aliphatic rings. The number of anilines is 1. The number of nitrogens with one attached hydrogen (secondary N) is 2. The number of nitrogens with zero attached hydrogens (tertiary/aromatic N) is 4. The lowest BCUT2D eigenvalue weighted by Crippen LogP contribution is -2.41. The number of amides is 1. The van der Waals surface area contributed by atoms with E-state index in [-0.39, 0.29) is 17.1 Å². The molecule has 0 aliphatic heterocycles. The van der Waals surface area contributed by atoms with Crippen molar-refractivity contribution in [3.05, 3.63) is 35.4 Å². The highest BCUT2D eigenvalue weighted by molar-refractivity contribution is 6.28. The number of hydrogen-bond acceptors (Lipinski definition) is 9. The zero-order valence-corrected chi connectivity index (χ0v) is 19.6. The molecule has 2 saturated carbocycles. The molecule has 11 nitrogen and oxygen atoms in total. The molecule has 0 radical (unpaired) electrons. The highest BCUT2D eigenvalue weighted by atomic mass is 35.5. The first-order valence-electron chi connectivity index (χ1n) is 10.8. The molecule has 34 heavy (non-hydrogen) atoms. The number of ether oxygens (including phenoxy) is 2. The van der Waals surface area contributed by atoms with Crippen molar-refractivity contribution in [2.45, 2.75) is 31.2 Å². The fourth-order valence-electron chi connectivity index (χ4n) is 5.22. The molecule has 2 heterocycles. The Morgan fingerprint density at radius 2 is 2.09 bits per heavy atom. The van der Waals surface area contributed by atoms with Gasteiger partial charge in [-0.1, -0.05) is 0 Å². The van der Waals surface area contributed by atoms with Gasteiger partial charge >= 0.3 is 0 Å². The van der Waals surface area contributed by atoms with E-state index in [0.717, 1.165) is 5.56 Å². The second kappa shape index (κ2) is 8.26. The predicted molar refractivity (Wildman–Crippen MR) is 123 cm³/mol. The number of fused-ring (bicyclic) bond motifs is 2. The average molecular weight is 489 g/mol. The van der Waals surface area contributed by atoms with Gasteiger partial charge in [0.25, 0.3) is 0 Å². The summed E-state index contributed by atoms with van der Waals surface area (Å²) in [6.07, 6.45) is -0.337. The number of carbonyl (C=O) groups is 1. The molecule has 0 saturated heterocycles. The molecule has 5 rings (SSSR count). The van der Waals surface area contributed by atoms with Crippen LogP contribution in [0.2, 0.25) is 5.28 Å². The van der Waals surface area contributed by atoms with Crippen molar-refractivity contribution in [1.82, 2.24) is 24.8 Å². The van der Waals surface area contributed by atoms with E-state index >= 15 is 0 Å². The molecule has 0 bridgehead atoms. The number of rotatable bonds is 7. The Morgan fingerprint density at radius 1 is 1.29 bits per heavy atom. The molecule has 180 valence electrons. The maximum atomic E-state index is 12.5. The number of imidazole rings is 1. The van der Waals surface area contributed by atoms with Gasteiger partial charge in [-0.3, -0.25) is 4.79 Å². The summed E-state index contributed by atoms with van der Waals surface area (Å²) < 4.78 is 12.4. The third-order valence-electron chi connectivity index (χ3n) is 6.97. The summed E-state index contributed by atoms with van der Waals surface area (Å²) in [6.45, 7) is 0.350. The summed E-state index contributed by atoms with van der Waals surface area (Å²) in [5, 5.41) is 27.3. The van der Waals surface area contributed by atoms with Crippen LogP contribution in [0.5, 0.6) is 11.5 Å². The summed E-state index contributed by atoms with van der Waals surface area (Å²) in [4.78, 5) is 25.5. The van der Waals surface area contributed by atoms with Gasteiger partial charge in [-0.15, -0.1) is 0 Å². The largest absolute Gasteiger partial charge is 0.497 e. The molecular weight excluding hydrogens is 464 g/mol. The van der Waals surface area contributed by atoms with Crippen LogP contribution in [0.4, 0.5) is 5.82 Å². The van der Waals surface area contributed by atoms with Crippen LogP contribution in [0.15, 0.2) is 24.5 Å². The Kier molecular flexibility index (Phi) is 5.50. The Labute approximate surface area is 200 Å². The van der Waals surface area contributed by atoms with Gasteiger partial charge in [0.15, 0.2) is 17.0 Å². The molecule has 4 N–H and O–H groups in total. The molecule has 2 aliphatic carbocycles. The Balaban J connectivity index is 1.48. The van der Waals surface area contributed by atoms with Crippen molar-refractivity contribution in [3.63, 3.8) is 0 Å². The first-order valence-corrected chi connectivity index (χ1v) is 11.2. The molecule has 1 aromatic carbocycles. The lowest BCUT2D eigenvalue weighted by atomic mass is 9.98. The molecule has 0 spiro atoms. The number of aliphatic hydroxyl groups excluding tert-OH is 2. The van der Waals surface area contributed by atoms with Gasteiger partial charge in [0.1, 0.15) is 17.6 Å². The lowest BCUT2D eigenvalue weighted by Gasteiger charge is -2.23. The fraction of sp³-hybridized carbons (Fsp3) is 0.455. The number of aliphatic hydroxyl groups is 2. The molecule has 2 fully saturated rings. The smallest absolute Gasteiger partial charge is 0.229 e. The minimum absolute atomic E-state index is 0.00393. The SMILES string of the molecule is CNC(=O)[C@@]12C[C@@H]1[C@@H](n1cnc3c(NCc4cc(OC)ccc4OC)nc(Cl)nc31)[C@H](O)[C@@H]2O. The van der Waals surface area contributed by atoms with E-state index in [1.807, 2.05) is 18.2 Å². The molecule has 5 atom stereocenters. The zero-order chi connectivity index (χ0) is 24.2. The van der Waals surface area contributed by atoms with E-state index in [9.17, 15) is 15.0 Å². The quantitative estimate of drug-likeness (QED) is 0.360. The maximum Gasteiger partial charge on any atom is 0.229 e. The summed E-state index contributed by atoms with van der Waals surface area (Å²) >= 11 is 6.24. The first kappa shape index (κ1) is 22.6. The molecule has 12 heteroatoms. The van der Waals surface area contributed by atoms with Crippen molar-refractivity contribution in [2.75, 3.05) is 26.6 Å². The van der Waals surface area contributed by atoms with E-state index in [0.29, 0.717) is 41.4 Å². The van der Waals surface area contributed by atoms with Gasteiger partial charge in [0, 0.05) is 25.1 Å². The predicted octanol–water partition coefficient (Wildman–Crippen LogP) is 1.14. The fourth-order valence-corrected chi connectivity index (χ4v) is 5.38. The number of carbonyl (C=O) groups excluding carboxylic acids is 1. The third-order valence-corrected chi connectivity index (χ3v) is 7.14. The number of halogens is 1. The standard InChI is InChI=1S/C22H25ClN6O5/c1-24-20(32)22-7-12(22)15(16(30)17(22)31)29-9-26-14-18(27-21(23)28-19(14)29)25-8-10-6-11(33-2)4-5-13(10)34-3/h4-6,9,12,15-17,30-31H,7-8H2,1-3H3,(H,24,32)(H,25,27,28)/t12-,15-,16+,17+,22+/m1/s1. The van der Waals surface area contributed by atoms with Crippen molar-refractivity contribution >= 4 is 34.5 Å². The van der Waals surface area contributed by atoms with Crippen LogP contribution in [0.25, 0.3) is 11.2 Å². The number of benzene rings is 1. The number of aromatic nitrogens is 4. The van der Waals surface area contributed by atoms with E-state index < -0.39 is 23.7 Å². The van der Waals surface area contributed by atoms with Gasteiger partial charge in [-0.2, -0.15) is 9.97 Å². The van der Waals surface area contributed by atoms with E-state index in [1.165, 1.54) is 13.4 Å². The molecule has 1 amide bonds. The summed E-state index contributed by atoms with van der Waals surface area (Å²) in [7, 11) is 4.70. The normalized spacial score (nSPS) is 27.4. The second-order valence-electron chi connectivity index (χ2n) is 8.55. The van der Waals surface area contributed by atoms with Crippen LogP contribution in [0.3, 0.4) is 0 Å². The monoisotopic (exact) mass is 488 g/mol. The summed E-state index contributed by atoms with van der Waals surface area (Å²) in [5.41, 5.74) is 0.685. The summed E-state index contributed by atoms with van der Waals surface area (Å²) in [6, 6.07) is 4.90. The highest BCUT2D eigenvalue weighted by Gasteiger charge is 2.75. The summed E-state index contributed by atoms with van der Waals surface area (Å²) in [5.74, 6) is 1.24. The van der Waals surface area contributed by atoms with Crippen molar-refractivity contribution in [1.29, 1.82) is 0 Å². The van der Waals surface area contributed by atoms with Crippen molar-refractivity contribution in [3.8, 4) is 11.5 Å².